The van der Waals surface area contributed by atoms with Gasteiger partial charge in [0.05, 0.1) is 6.42 Å². The molecule has 1 aliphatic rings. The molecule has 104 valence electrons. The van der Waals surface area contributed by atoms with Crippen LogP contribution in [0.5, 0.6) is 0 Å². The van der Waals surface area contributed by atoms with Crippen LogP contribution in [0.2, 0.25) is 0 Å². The largest absolute Gasteiger partial charge is 0.340 e. The van der Waals surface area contributed by atoms with E-state index in [2.05, 4.69) is 22.3 Å². The van der Waals surface area contributed by atoms with Crippen LogP contribution in [0.1, 0.15) is 17.2 Å². The normalized spacial score (nSPS) is 22.1. The van der Waals surface area contributed by atoms with Crippen LogP contribution in [0.3, 0.4) is 0 Å². The maximum atomic E-state index is 12.3. The number of hydrogen-bond donors (Lipinski definition) is 2. The minimum atomic E-state index is 0.00289. The molecule has 1 aromatic carbocycles. The molecule has 0 radical (unpaired) electrons. The molecule has 0 unspecified atom stereocenters. The fraction of sp³-hybridized carbons (Fsp3) is 0.333. The molecule has 0 saturated carbocycles. The van der Waals surface area contributed by atoms with Crippen LogP contribution in [-0.4, -0.2) is 40.1 Å². The molecule has 20 heavy (non-hydrogen) atoms. The van der Waals surface area contributed by atoms with Gasteiger partial charge in [0.15, 0.2) is 0 Å². The van der Waals surface area contributed by atoms with Crippen LogP contribution in [0.15, 0.2) is 42.6 Å². The molecule has 5 nitrogen and oxygen atoms in total. The van der Waals surface area contributed by atoms with Crippen LogP contribution in [0.25, 0.3) is 0 Å². The Balaban J connectivity index is 1.67. The summed E-state index contributed by atoms with van der Waals surface area (Å²) in [5, 5.41) is 6.68. The van der Waals surface area contributed by atoms with Crippen molar-refractivity contribution in [2.45, 2.75) is 18.4 Å². The summed E-state index contributed by atoms with van der Waals surface area (Å²) in [6, 6.07) is 12.0. The van der Waals surface area contributed by atoms with E-state index in [4.69, 9.17) is 5.73 Å². The lowest BCUT2D eigenvalue weighted by Gasteiger charge is -2.16. The van der Waals surface area contributed by atoms with E-state index in [1.807, 2.05) is 29.2 Å². The van der Waals surface area contributed by atoms with E-state index in [0.29, 0.717) is 19.5 Å². The second kappa shape index (κ2) is 5.46. The summed E-state index contributed by atoms with van der Waals surface area (Å²) in [5.41, 5.74) is 8.24. The van der Waals surface area contributed by atoms with Gasteiger partial charge in [-0.15, -0.1) is 0 Å². The van der Waals surface area contributed by atoms with Crippen LogP contribution >= 0.6 is 0 Å². The third-order valence-electron chi connectivity index (χ3n) is 3.85. The Morgan fingerprint density at radius 3 is 2.80 bits per heavy atom. The zero-order valence-corrected chi connectivity index (χ0v) is 11.2. The molecule has 0 bridgehead atoms. The summed E-state index contributed by atoms with van der Waals surface area (Å²) >= 11 is 0. The molecule has 1 aliphatic heterocycles. The zero-order chi connectivity index (χ0) is 13.9. The Hall–Kier alpha value is -2.14. The van der Waals surface area contributed by atoms with Gasteiger partial charge < -0.3 is 10.6 Å². The molecule has 0 spiro atoms. The molecule has 1 saturated heterocycles. The zero-order valence-electron chi connectivity index (χ0n) is 11.2. The first kappa shape index (κ1) is 12.9. The lowest BCUT2D eigenvalue weighted by molar-refractivity contribution is -0.129. The molecule has 1 aromatic heterocycles. The topological polar surface area (TPSA) is 75.0 Å². The number of rotatable bonds is 3. The summed E-state index contributed by atoms with van der Waals surface area (Å²) in [5.74, 6) is 0.324. The predicted molar refractivity (Wildman–Crippen MR) is 76.0 cm³/mol. The van der Waals surface area contributed by atoms with Crippen molar-refractivity contribution in [3.63, 3.8) is 0 Å². The van der Waals surface area contributed by atoms with Crippen LogP contribution in [-0.2, 0) is 11.2 Å². The molecule has 5 heteroatoms. The first-order valence-electron chi connectivity index (χ1n) is 6.80. The van der Waals surface area contributed by atoms with E-state index in [-0.39, 0.29) is 17.9 Å². The number of nitrogens with two attached hydrogens (primary N) is 1. The SMILES string of the molecule is N[C@@H]1CN(C(=O)Cc2ccn[nH]2)C[C@H]1c1ccccc1. The molecule has 3 rings (SSSR count). The van der Waals surface area contributed by atoms with Crippen molar-refractivity contribution < 1.29 is 4.79 Å². The summed E-state index contributed by atoms with van der Waals surface area (Å²) in [4.78, 5) is 14.1. The predicted octanol–water partition coefficient (Wildman–Crippen LogP) is 0.905. The van der Waals surface area contributed by atoms with Crippen molar-refractivity contribution >= 4 is 5.91 Å². The van der Waals surface area contributed by atoms with Gasteiger partial charge in [0.25, 0.3) is 0 Å². The molecule has 1 fully saturated rings. The average Bonchev–Trinajstić information content (AvgIpc) is 3.09. The van der Waals surface area contributed by atoms with Crippen molar-refractivity contribution in [1.29, 1.82) is 0 Å². The lowest BCUT2D eigenvalue weighted by Crippen LogP contribution is -2.33. The maximum Gasteiger partial charge on any atom is 0.228 e. The molecular weight excluding hydrogens is 252 g/mol. The number of H-pyrrole nitrogens is 1. The van der Waals surface area contributed by atoms with Gasteiger partial charge in [-0.05, 0) is 11.6 Å². The fourth-order valence-electron chi connectivity index (χ4n) is 2.74. The molecule has 2 aromatic rings. The van der Waals surface area contributed by atoms with Gasteiger partial charge in [0, 0.05) is 36.9 Å². The van der Waals surface area contributed by atoms with Gasteiger partial charge in [0.2, 0.25) is 5.91 Å². The Labute approximate surface area is 117 Å². The second-order valence-corrected chi connectivity index (χ2v) is 5.24. The number of aromatic nitrogens is 2. The number of hydrogen-bond acceptors (Lipinski definition) is 3. The monoisotopic (exact) mass is 270 g/mol. The quantitative estimate of drug-likeness (QED) is 0.870. The number of carbonyl (C=O) groups excluding carboxylic acids is 1. The summed E-state index contributed by atoms with van der Waals surface area (Å²) in [6.07, 6.45) is 2.01. The standard InChI is InChI=1S/C15H18N4O/c16-14-10-19(15(20)8-12-6-7-17-18-12)9-13(14)11-4-2-1-3-5-11/h1-7,13-14H,8-10,16H2,(H,17,18)/t13-,14+/m0/s1. The smallest absolute Gasteiger partial charge is 0.228 e. The first-order chi connectivity index (χ1) is 9.74. The van der Waals surface area contributed by atoms with Crippen molar-refractivity contribution in [2.24, 2.45) is 5.73 Å². The Bertz CT molecular complexity index is 567. The van der Waals surface area contributed by atoms with Gasteiger partial charge in [-0.1, -0.05) is 30.3 Å². The minimum Gasteiger partial charge on any atom is -0.340 e. The van der Waals surface area contributed by atoms with Gasteiger partial charge >= 0.3 is 0 Å². The molecular formula is C15H18N4O. The van der Waals surface area contributed by atoms with Crippen LogP contribution < -0.4 is 5.73 Å². The summed E-state index contributed by atoms with van der Waals surface area (Å²) in [7, 11) is 0. The van der Waals surface area contributed by atoms with Gasteiger partial charge in [-0.3, -0.25) is 9.89 Å². The highest BCUT2D eigenvalue weighted by Crippen LogP contribution is 2.26. The van der Waals surface area contributed by atoms with Crippen LogP contribution in [0.4, 0.5) is 0 Å². The molecule has 3 N–H and O–H groups in total. The Kier molecular flexibility index (Phi) is 3.52. The number of benzene rings is 1. The summed E-state index contributed by atoms with van der Waals surface area (Å²) in [6.45, 7) is 1.31. The van der Waals surface area contributed by atoms with Crippen molar-refractivity contribution in [3.05, 3.63) is 53.9 Å². The summed E-state index contributed by atoms with van der Waals surface area (Å²) < 4.78 is 0. The van der Waals surface area contributed by atoms with Gasteiger partial charge in [0.1, 0.15) is 0 Å². The number of amides is 1. The number of nitrogens with one attached hydrogen (secondary N) is 1. The van der Waals surface area contributed by atoms with Crippen molar-refractivity contribution in [3.8, 4) is 0 Å². The van der Waals surface area contributed by atoms with E-state index in [1.54, 1.807) is 6.20 Å². The Morgan fingerprint density at radius 2 is 2.10 bits per heavy atom. The molecule has 0 aliphatic carbocycles. The Morgan fingerprint density at radius 1 is 1.30 bits per heavy atom. The highest BCUT2D eigenvalue weighted by atomic mass is 16.2. The van der Waals surface area contributed by atoms with Crippen LogP contribution in [0, 0.1) is 0 Å². The van der Waals surface area contributed by atoms with E-state index in [9.17, 15) is 4.79 Å². The van der Waals surface area contributed by atoms with E-state index in [1.165, 1.54) is 5.56 Å². The van der Waals surface area contributed by atoms with Crippen molar-refractivity contribution in [2.75, 3.05) is 13.1 Å². The third-order valence-corrected chi connectivity index (χ3v) is 3.85. The van der Waals surface area contributed by atoms with E-state index >= 15 is 0 Å². The highest BCUT2D eigenvalue weighted by molar-refractivity contribution is 5.78. The third kappa shape index (κ3) is 2.58. The number of carbonyl (C=O) groups is 1. The van der Waals surface area contributed by atoms with Gasteiger partial charge in [-0.2, -0.15) is 5.10 Å². The van der Waals surface area contributed by atoms with E-state index in [0.717, 1.165) is 5.69 Å². The molecule has 2 atom stereocenters. The van der Waals surface area contributed by atoms with Crippen molar-refractivity contribution in [1.82, 2.24) is 15.1 Å². The lowest BCUT2D eigenvalue weighted by atomic mass is 9.95. The molecule has 2 heterocycles. The maximum absolute atomic E-state index is 12.3. The first-order valence-corrected chi connectivity index (χ1v) is 6.80. The van der Waals surface area contributed by atoms with Gasteiger partial charge in [-0.25, -0.2) is 0 Å². The van der Waals surface area contributed by atoms with E-state index < -0.39 is 0 Å². The number of aromatic amines is 1. The number of likely N-dealkylation sites (tertiary alicyclic amines) is 1. The number of nitrogens with zero attached hydrogens (tertiary/aromatic N) is 2. The average molecular weight is 270 g/mol. The fourth-order valence-corrected chi connectivity index (χ4v) is 2.74. The molecule has 1 amide bonds. The second-order valence-electron chi connectivity index (χ2n) is 5.24. The highest BCUT2D eigenvalue weighted by Gasteiger charge is 2.33. The minimum absolute atomic E-state index is 0.00289.